The fourth-order valence-corrected chi connectivity index (χ4v) is 2.49. The highest BCUT2D eigenvalue weighted by molar-refractivity contribution is 6.39. The first kappa shape index (κ1) is 17.7. The minimum Gasteiger partial charge on any atom is -0.466 e. The van der Waals surface area contributed by atoms with E-state index in [0.717, 1.165) is 5.56 Å². The smallest absolute Gasteiger partial charge is 0.313 e. The molecule has 1 aromatic heterocycles. The van der Waals surface area contributed by atoms with Gasteiger partial charge in [0, 0.05) is 11.3 Å². The normalized spacial score (nSPS) is 13.2. The molecule has 0 aliphatic heterocycles. The summed E-state index contributed by atoms with van der Waals surface area (Å²) in [6.07, 6.45) is 0. The molecule has 2 aromatic rings. The van der Waals surface area contributed by atoms with E-state index < -0.39 is 17.4 Å². The van der Waals surface area contributed by atoms with Gasteiger partial charge in [0.25, 0.3) is 0 Å². The van der Waals surface area contributed by atoms with E-state index in [9.17, 15) is 14.7 Å². The highest BCUT2D eigenvalue weighted by Gasteiger charge is 2.29. The average molecular weight is 330 g/mol. The standard InChI is InChI=1S/C18H22N2O4/c1-11-7-5-6-8-15(11)20-17(22)16(21)19-10-18(4,23)14-9-12(2)24-13(14)3/h5-9,23H,10H2,1-4H3,(H,19,21)(H,20,22). The third kappa shape index (κ3) is 4.02. The molecule has 0 bridgehead atoms. The summed E-state index contributed by atoms with van der Waals surface area (Å²) in [5.41, 5.74) is 0.681. The van der Waals surface area contributed by atoms with Gasteiger partial charge in [0.15, 0.2) is 0 Å². The van der Waals surface area contributed by atoms with Gasteiger partial charge in [-0.05, 0) is 45.4 Å². The lowest BCUT2D eigenvalue weighted by atomic mass is 9.96. The second-order valence-electron chi connectivity index (χ2n) is 6.05. The number of benzene rings is 1. The summed E-state index contributed by atoms with van der Waals surface area (Å²) >= 11 is 0. The van der Waals surface area contributed by atoms with Crippen molar-refractivity contribution in [1.82, 2.24) is 5.32 Å². The van der Waals surface area contributed by atoms with E-state index in [-0.39, 0.29) is 6.54 Å². The quantitative estimate of drug-likeness (QED) is 0.749. The number of rotatable bonds is 4. The van der Waals surface area contributed by atoms with Gasteiger partial charge >= 0.3 is 11.8 Å². The Morgan fingerprint density at radius 1 is 1.17 bits per heavy atom. The highest BCUT2D eigenvalue weighted by Crippen LogP contribution is 2.26. The molecule has 128 valence electrons. The van der Waals surface area contributed by atoms with E-state index >= 15 is 0 Å². The largest absolute Gasteiger partial charge is 0.466 e. The maximum atomic E-state index is 12.0. The summed E-state index contributed by atoms with van der Waals surface area (Å²) < 4.78 is 5.40. The molecule has 1 heterocycles. The molecule has 3 N–H and O–H groups in total. The van der Waals surface area contributed by atoms with Crippen molar-refractivity contribution in [2.45, 2.75) is 33.3 Å². The molecule has 2 amide bonds. The molecule has 0 fully saturated rings. The van der Waals surface area contributed by atoms with Gasteiger partial charge in [0.1, 0.15) is 17.1 Å². The molecule has 0 spiro atoms. The van der Waals surface area contributed by atoms with Gasteiger partial charge < -0.3 is 20.2 Å². The van der Waals surface area contributed by atoms with Gasteiger partial charge in [-0.2, -0.15) is 0 Å². The number of carbonyl (C=O) groups is 2. The molecule has 1 unspecified atom stereocenters. The Hall–Kier alpha value is -2.60. The van der Waals surface area contributed by atoms with Gasteiger partial charge in [0.2, 0.25) is 0 Å². The van der Waals surface area contributed by atoms with Crippen molar-refractivity contribution in [3.05, 3.63) is 53.0 Å². The van der Waals surface area contributed by atoms with Crippen LogP contribution in [0.2, 0.25) is 0 Å². The second kappa shape index (κ2) is 6.88. The SMILES string of the molecule is Cc1cc(C(C)(O)CNC(=O)C(=O)Nc2ccccc2C)c(C)o1. The van der Waals surface area contributed by atoms with Crippen molar-refractivity contribution in [2.75, 3.05) is 11.9 Å². The van der Waals surface area contributed by atoms with Gasteiger partial charge in [-0.1, -0.05) is 18.2 Å². The molecule has 0 aliphatic rings. The predicted octanol–water partition coefficient (Wildman–Crippen LogP) is 2.17. The number of amides is 2. The van der Waals surface area contributed by atoms with Gasteiger partial charge in [-0.25, -0.2) is 0 Å². The topological polar surface area (TPSA) is 91.6 Å². The molecule has 2 rings (SSSR count). The van der Waals surface area contributed by atoms with Crippen LogP contribution in [0.3, 0.4) is 0 Å². The first-order chi connectivity index (χ1) is 11.2. The molecule has 0 aliphatic carbocycles. The fourth-order valence-electron chi connectivity index (χ4n) is 2.49. The van der Waals surface area contributed by atoms with Crippen molar-refractivity contribution in [1.29, 1.82) is 0 Å². The summed E-state index contributed by atoms with van der Waals surface area (Å²) in [7, 11) is 0. The first-order valence-corrected chi connectivity index (χ1v) is 7.65. The Kier molecular flexibility index (Phi) is 5.09. The number of hydrogen-bond donors (Lipinski definition) is 3. The number of nitrogens with one attached hydrogen (secondary N) is 2. The maximum Gasteiger partial charge on any atom is 0.313 e. The zero-order valence-corrected chi connectivity index (χ0v) is 14.3. The van der Waals surface area contributed by atoms with Crippen LogP contribution < -0.4 is 10.6 Å². The number of aryl methyl sites for hydroxylation is 3. The number of para-hydroxylation sites is 1. The lowest BCUT2D eigenvalue weighted by molar-refractivity contribution is -0.136. The first-order valence-electron chi connectivity index (χ1n) is 7.65. The van der Waals surface area contributed by atoms with Gasteiger partial charge in [-0.15, -0.1) is 0 Å². The molecule has 0 radical (unpaired) electrons. The van der Waals surface area contributed by atoms with Crippen LogP contribution in [-0.4, -0.2) is 23.5 Å². The third-order valence-corrected chi connectivity index (χ3v) is 3.81. The molecule has 1 atom stereocenters. The number of carbonyl (C=O) groups excluding carboxylic acids is 2. The Balaban J connectivity index is 1.98. The molecule has 24 heavy (non-hydrogen) atoms. The summed E-state index contributed by atoms with van der Waals surface area (Å²) in [5.74, 6) is -0.334. The Morgan fingerprint density at radius 2 is 1.83 bits per heavy atom. The van der Waals surface area contributed by atoms with E-state index in [1.807, 2.05) is 19.1 Å². The second-order valence-corrected chi connectivity index (χ2v) is 6.05. The molecule has 0 saturated heterocycles. The highest BCUT2D eigenvalue weighted by atomic mass is 16.3. The van der Waals surface area contributed by atoms with Crippen LogP contribution in [0.4, 0.5) is 5.69 Å². The fraction of sp³-hybridized carbons (Fsp3) is 0.333. The Bertz CT molecular complexity index is 762. The van der Waals surface area contributed by atoms with Gasteiger partial charge in [-0.3, -0.25) is 9.59 Å². The Labute approximate surface area is 140 Å². The Morgan fingerprint density at radius 3 is 2.42 bits per heavy atom. The number of furan rings is 1. The van der Waals surface area contributed by atoms with Gasteiger partial charge in [0.05, 0.1) is 6.54 Å². The van der Waals surface area contributed by atoms with Crippen molar-refractivity contribution < 1.29 is 19.1 Å². The van der Waals surface area contributed by atoms with E-state index in [2.05, 4.69) is 10.6 Å². The minimum atomic E-state index is -1.33. The van der Waals surface area contributed by atoms with Crippen LogP contribution in [0, 0.1) is 20.8 Å². The molecule has 6 heteroatoms. The molecule has 6 nitrogen and oxygen atoms in total. The molecular weight excluding hydrogens is 308 g/mol. The van der Waals surface area contributed by atoms with E-state index in [4.69, 9.17) is 4.42 Å². The summed E-state index contributed by atoms with van der Waals surface area (Å²) in [4.78, 5) is 23.9. The van der Waals surface area contributed by atoms with Crippen LogP contribution in [0.15, 0.2) is 34.7 Å². The molecule has 0 saturated carbocycles. The average Bonchev–Trinajstić information content (AvgIpc) is 2.86. The van der Waals surface area contributed by atoms with Crippen LogP contribution in [0.5, 0.6) is 0 Å². The van der Waals surface area contributed by atoms with Crippen LogP contribution >= 0.6 is 0 Å². The number of anilines is 1. The van der Waals surface area contributed by atoms with E-state index in [1.165, 1.54) is 0 Å². The van der Waals surface area contributed by atoms with Crippen LogP contribution in [-0.2, 0) is 15.2 Å². The summed E-state index contributed by atoms with van der Waals surface area (Å²) in [5, 5.41) is 15.5. The van der Waals surface area contributed by atoms with Crippen molar-refractivity contribution in [3.63, 3.8) is 0 Å². The summed E-state index contributed by atoms with van der Waals surface area (Å²) in [6.45, 7) is 6.81. The predicted molar refractivity (Wildman–Crippen MR) is 90.6 cm³/mol. The number of hydrogen-bond acceptors (Lipinski definition) is 4. The van der Waals surface area contributed by atoms with E-state index in [1.54, 1.807) is 39.0 Å². The van der Waals surface area contributed by atoms with Crippen molar-refractivity contribution in [3.8, 4) is 0 Å². The molecular formula is C18H22N2O4. The van der Waals surface area contributed by atoms with Crippen molar-refractivity contribution in [2.24, 2.45) is 0 Å². The van der Waals surface area contributed by atoms with E-state index in [0.29, 0.717) is 22.8 Å². The minimum absolute atomic E-state index is 0.104. The zero-order valence-electron chi connectivity index (χ0n) is 14.3. The lowest BCUT2D eigenvalue weighted by Crippen LogP contribution is -2.43. The zero-order chi connectivity index (χ0) is 17.9. The maximum absolute atomic E-state index is 12.0. The number of aliphatic hydroxyl groups is 1. The van der Waals surface area contributed by atoms with Crippen LogP contribution in [0.25, 0.3) is 0 Å². The van der Waals surface area contributed by atoms with Crippen molar-refractivity contribution >= 4 is 17.5 Å². The summed E-state index contributed by atoms with van der Waals surface area (Å²) in [6, 6.07) is 8.89. The lowest BCUT2D eigenvalue weighted by Gasteiger charge is -2.23. The molecule has 1 aromatic carbocycles. The van der Waals surface area contributed by atoms with Crippen LogP contribution in [0.1, 0.15) is 29.6 Å². The third-order valence-electron chi connectivity index (χ3n) is 3.81. The monoisotopic (exact) mass is 330 g/mol.